The van der Waals surface area contributed by atoms with Crippen LogP contribution in [0.2, 0.25) is 10.0 Å². The average Bonchev–Trinajstić information content (AvgIpc) is 2.42. The first-order valence-corrected chi connectivity index (χ1v) is 7.02. The van der Waals surface area contributed by atoms with Crippen molar-refractivity contribution in [3.63, 3.8) is 0 Å². The summed E-state index contributed by atoms with van der Waals surface area (Å²) in [6, 6.07) is 14.5. The monoisotopic (exact) mass is 354 g/mol. The molecule has 1 atom stereocenters. The molecule has 0 aliphatic carbocycles. The first kappa shape index (κ1) is 14.2. The quantitative estimate of drug-likeness (QED) is 0.796. The van der Waals surface area contributed by atoms with E-state index >= 15 is 0 Å². The van der Waals surface area contributed by atoms with Crippen molar-refractivity contribution in [2.75, 3.05) is 5.32 Å². The minimum absolute atomic E-state index is 0.403. The highest BCUT2D eigenvalue weighted by atomic mass is 79.9. The average molecular weight is 356 g/mol. The second-order valence-electron chi connectivity index (χ2n) is 3.86. The Morgan fingerprint density at radius 1 is 1.11 bits per heavy atom. The van der Waals surface area contributed by atoms with Gasteiger partial charge in [0.25, 0.3) is 0 Å². The standard InChI is InChI=1S/C14H9BrCl2N2/c15-9-4-6-10(7-5-9)19-13(8-18)11-2-1-3-12(16)14(11)17/h1-7,13,19H. The number of halogens is 3. The van der Waals surface area contributed by atoms with Gasteiger partial charge in [0.05, 0.1) is 16.1 Å². The van der Waals surface area contributed by atoms with Crippen molar-refractivity contribution in [2.45, 2.75) is 6.04 Å². The summed E-state index contributed by atoms with van der Waals surface area (Å²) in [7, 11) is 0. The van der Waals surface area contributed by atoms with Crippen LogP contribution in [0.3, 0.4) is 0 Å². The van der Waals surface area contributed by atoms with Gasteiger partial charge in [-0.3, -0.25) is 0 Å². The molecule has 19 heavy (non-hydrogen) atoms. The number of hydrogen-bond acceptors (Lipinski definition) is 2. The first-order chi connectivity index (χ1) is 9.11. The normalized spacial score (nSPS) is 11.7. The Bertz CT molecular complexity index is 620. The van der Waals surface area contributed by atoms with Gasteiger partial charge in [-0.1, -0.05) is 51.3 Å². The van der Waals surface area contributed by atoms with Crippen molar-refractivity contribution in [1.29, 1.82) is 5.26 Å². The van der Waals surface area contributed by atoms with E-state index in [-0.39, 0.29) is 0 Å². The van der Waals surface area contributed by atoms with E-state index in [1.54, 1.807) is 18.2 Å². The molecule has 0 radical (unpaired) electrons. The van der Waals surface area contributed by atoms with Gasteiger partial charge in [0.15, 0.2) is 0 Å². The predicted octanol–water partition coefficient (Wildman–Crippen LogP) is 5.43. The lowest BCUT2D eigenvalue weighted by Gasteiger charge is -2.15. The molecule has 96 valence electrons. The van der Waals surface area contributed by atoms with Gasteiger partial charge >= 0.3 is 0 Å². The van der Waals surface area contributed by atoms with E-state index in [9.17, 15) is 5.26 Å². The lowest BCUT2D eigenvalue weighted by Crippen LogP contribution is -2.09. The largest absolute Gasteiger partial charge is 0.366 e. The van der Waals surface area contributed by atoms with Gasteiger partial charge in [-0.25, -0.2) is 0 Å². The second-order valence-corrected chi connectivity index (χ2v) is 5.56. The number of nitrogens with one attached hydrogen (secondary N) is 1. The Labute approximate surface area is 130 Å². The molecule has 0 saturated heterocycles. The molecule has 2 aromatic rings. The third-order valence-corrected chi connectivity index (χ3v) is 3.94. The molecule has 1 N–H and O–H groups in total. The van der Waals surface area contributed by atoms with Gasteiger partial charge in [0.1, 0.15) is 6.04 Å². The molecule has 0 fully saturated rings. The lowest BCUT2D eigenvalue weighted by molar-refractivity contribution is 0.998. The van der Waals surface area contributed by atoms with Crippen LogP contribution in [0, 0.1) is 11.3 Å². The molecule has 0 aliphatic rings. The van der Waals surface area contributed by atoms with Crippen LogP contribution >= 0.6 is 39.1 Å². The number of nitriles is 1. The molecule has 2 aromatic carbocycles. The van der Waals surface area contributed by atoms with Gasteiger partial charge in [0.2, 0.25) is 0 Å². The van der Waals surface area contributed by atoms with Crippen molar-refractivity contribution in [2.24, 2.45) is 0 Å². The number of anilines is 1. The topological polar surface area (TPSA) is 35.8 Å². The van der Waals surface area contributed by atoms with Crippen LogP contribution in [-0.2, 0) is 0 Å². The fraction of sp³-hybridized carbons (Fsp3) is 0.0714. The van der Waals surface area contributed by atoms with Crippen LogP contribution in [-0.4, -0.2) is 0 Å². The summed E-state index contributed by atoms with van der Waals surface area (Å²) in [6.07, 6.45) is 0. The van der Waals surface area contributed by atoms with E-state index in [2.05, 4.69) is 27.3 Å². The lowest BCUT2D eigenvalue weighted by atomic mass is 10.1. The summed E-state index contributed by atoms with van der Waals surface area (Å²) < 4.78 is 0.979. The molecule has 2 nitrogen and oxygen atoms in total. The fourth-order valence-electron chi connectivity index (χ4n) is 1.64. The van der Waals surface area contributed by atoms with E-state index < -0.39 is 6.04 Å². The van der Waals surface area contributed by atoms with E-state index in [1.807, 2.05) is 24.3 Å². The smallest absolute Gasteiger partial charge is 0.141 e. The number of nitrogens with zero attached hydrogens (tertiary/aromatic N) is 1. The van der Waals surface area contributed by atoms with Crippen LogP contribution < -0.4 is 5.32 Å². The maximum Gasteiger partial charge on any atom is 0.141 e. The van der Waals surface area contributed by atoms with Crippen LogP contribution in [0.1, 0.15) is 11.6 Å². The number of benzene rings is 2. The molecule has 1 unspecified atom stereocenters. The summed E-state index contributed by atoms with van der Waals surface area (Å²) >= 11 is 15.5. The molecule has 0 amide bonds. The molecule has 0 aliphatic heterocycles. The predicted molar refractivity (Wildman–Crippen MR) is 82.6 cm³/mol. The van der Waals surface area contributed by atoms with Crippen LogP contribution in [0.4, 0.5) is 5.69 Å². The highest BCUT2D eigenvalue weighted by molar-refractivity contribution is 9.10. The molecule has 0 bridgehead atoms. The van der Waals surface area contributed by atoms with Crippen molar-refractivity contribution < 1.29 is 0 Å². The zero-order chi connectivity index (χ0) is 13.8. The summed E-state index contributed by atoms with van der Waals surface area (Å²) in [5, 5.41) is 13.2. The summed E-state index contributed by atoms with van der Waals surface area (Å²) in [5.41, 5.74) is 1.50. The van der Waals surface area contributed by atoms with E-state index in [0.29, 0.717) is 15.6 Å². The second kappa shape index (κ2) is 6.29. The SMILES string of the molecule is N#CC(Nc1ccc(Br)cc1)c1cccc(Cl)c1Cl. The zero-order valence-corrected chi connectivity index (χ0v) is 12.8. The highest BCUT2D eigenvalue weighted by Gasteiger charge is 2.15. The van der Waals surface area contributed by atoms with E-state index in [0.717, 1.165) is 10.2 Å². The van der Waals surface area contributed by atoms with Crippen molar-refractivity contribution >= 4 is 44.8 Å². The van der Waals surface area contributed by atoms with E-state index in [4.69, 9.17) is 23.2 Å². The maximum absolute atomic E-state index is 9.29. The molecular weight excluding hydrogens is 347 g/mol. The highest BCUT2D eigenvalue weighted by Crippen LogP contribution is 2.31. The Kier molecular flexibility index (Phi) is 4.71. The number of hydrogen-bond donors (Lipinski definition) is 1. The van der Waals surface area contributed by atoms with Crippen LogP contribution in [0.5, 0.6) is 0 Å². The van der Waals surface area contributed by atoms with Gasteiger partial charge in [-0.05, 0) is 30.3 Å². The molecule has 5 heteroatoms. The Morgan fingerprint density at radius 3 is 2.42 bits per heavy atom. The minimum atomic E-state index is -0.549. The summed E-state index contributed by atoms with van der Waals surface area (Å²) in [4.78, 5) is 0. The van der Waals surface area contributed by atoms with Crippen molar-refractivity contribution in [3.8, 4) is 6.07 Å². The summed E-state index contributed by atoms with van der Waals surface area (Å²) in [5.74, 6) is 0. The van der Waals surface area contributed by atoms with Crippen LogP contribution in [0.25, 0.3) is 0 Å². The molecule has 2 rings (SSSR count). The zero-order valence-electron chi connectivity index (χ0n) is 9.70. The van der Waals surface area contributed by atoms with Gasteiger partial charge in [0, 0.05) is 15.7 Å². The van der Waals surface area contributed by atoms with Crippen molar-refractivity contribution in [3.05, 3.63) is 62.5 Å². The van der Waals surface area contributed by atoms with Crippen molar-refractivity contribution in [1.82, 2.24) is 0 Å². The van der Waals surface area contributed by atoms with E-state index in [1.165, 1.54) is 0 Å². The van der Waals surface area contributed by atoms with Crippen LogP contribution in [0.15, 0.2) is 46.9 Å². The Morgan fingerprint density at radius 2 is 1.79 bits per heavy atom. The molecule has 0 spiro atoms. The molecule has 0 heterocycles. The first-order valence-electron chi connectivity index (χ1n) is 5.47. The van der Waals surface area contributed by atoms with Gasteiger partial charge < -0.3 is 5.32 Å². The molecular formula is C14H9BrCl2N2. The molecule has 0 saturated carbocycles. The number of rotatable bonds is 3. The maximum atomic E-state index is 9.29. The van der Waals surface area contributed by atoms with Gasteiger partial charge in [-0.2, -0.15) is 5.26 Å². The third-order valence-electron chi connectivity index (χ3n) is 2.58. The fourth-order valence-corrected chi connectivity index (χ4v) is 2.32. The third kappa shape index (κ3) is 3.42. The Balaban J connectivity index is 2.28. The minimum Gasteiger partial charge on any atom is -0.366 e. The summed E-state index contributed by atoms with van der Waals surface area (Å²) in [6.45, 7) is 0. The van der Waals surface area contributed by atoms with Gasteiger partial charge in [-0.15, -0.1) is 0 Å². The Hall–Kier alpha value is -1.21. The molecule has 0 aromatic heterocycles.